The van der Waals surface area contributed by atoms with Crippen LogP contribution in [0.5, 0.6) is 0 Å². The van der Waals surface area contributed by atoms with Crippen LogP contribution >= 0.6 is 0 Å². The first-order valence-electron chi connectivity index (χ1n) is 20.1. The predicted octanol–water partition coefficient (Wildman–Crippen LogP) is 11.0. The number of aliphatic hydroxyl groups is 2. The third kappa shape index (κ3) is 38.9. The third-order valence-corrected chi connectivity index (χ3v) is 9.05. The van der Waals surface area contributed by atoms with Gasteiger partial charge in [-0.3, -0.25) is 19.7 Å². The number of hydrogen-bond donors (Lipinski definition) is 4. The van der Waals surface area contributed by atoms with Crippen LogP contribution in [0.4, 0.5) is 0 Å². The molecule has 0 aromatic heterocycles. The zero-order chi connectivity index (χ0) is 35.3. The lowest BCUT2D eigenvalue weighted by Gasteiger charge is -2.18. The Balaban J connectivity index is 0. The standard InChI is InChI=1S/C22H43NO4.C18H36O2/c1-3-4-5-6-7-8-9-10-11-12-13-14-15-16-17-18-20(25)23-21(26)22(2,27)19-24;1-2-3-4-5-6-7-8-9-10-11-12-13-14-15-16-17-18(19)20/h24,27H,3-19H2,1-2H3,(H,23,25,26);2-17H2,1H3,(H,19,20). The number of carbonyl (C=O) groups excluding carboxylic acids is 2. The van der Waals surface area contributed by atoms with Crippen LogP contribution in [0, 0.1) is 0 Å². The van der Waals surface area contributed by atoms with E-state index in [-0.39, 0.29) is 12.3 Å². The molecule has 0 aromatic rings. The SMILES string of the molecule is CCCCCCCCCCCCCCCCCC(=O)NC(=O)C(C)(O)CO.CCCCCCCCCCCCCCCCCC(=O)O. The van der Waals surface area contributed by atoms with E-state index in [1.165, 1.54) is 167 Å². The molecule has 0 spiro atoms. The summed E-state index contributed by atoms with van der Waals surface area (Å²) in [6.45, 7) is 5.01. The van der Waals surface area contributed by atoms with Crippen LogP contribution in [0.25, 0.3) is 0 Å². The number of rotatable bonds is 34. The van der Waals surface area contributed by atoms with E-state index in [0.717, 1.165) is 32.1 Å². The summed E-state index contributed by atoms with van der Waals surface area (Å²) >= 11 is 0. The molecule has 0 aliphatic carbocycles. The molecule has 1 atom stereocenters. The van der Waals surface area contributed by atoms with E-state index in [2.05, 4.69) is 19.2 Å². The minimum absolute atomic E-state index is 0.283. The van der Waals surface area contributed by atoms with Crippen LogP contribution < -0.4 is 5.32 Å². The molecule has 4 N–H and O–H groups in total. The van der Waals surface area contributed by atoms with Crippen molar-refractivity contribution in [3.05, 3.63) is 0 Å². The van der Waals surface area contributed by atoms with Gasteiger partial charge >= 0.3 is 5.97 Å². The fourth-order valence-corrected chi connectivity index (χ4v) is 5.70. The molecule has 7 heteroatoms. The molecule has 280 valence electrons. The van der Waals surface area contributed by atoms with Gasteiger partial charge in [-0.15, -0.1) is 0 Å². The minimum Gasteiger partial charge on any atom is -0.481 e. The number of amides is 2. The number of nitrogens with one attached hydrogen (secondary N) is 1. The van der Waals surface area contributed by atoms with E-state index < -0.39 is 24.1 Å². The molecule has 0 aliphatic rings. The Morgan fingerprint density at radius 2 is 0.723 bits per heavy atom. The van der Waals surface area contributed by atoms with Gasteiger partial charge in [0.1, 0.15) is 0 Å². The Labute approximate surface area is 290 Å². The first-order chi connectivity index (χ1) is 22.7. The fourth-order valence-electron chi connectivity index (χ4n) is 5.70. The second-order valence-corrected chi connectivity index (χ2v) is 14.1. The quantitative estimate of drug-likeness (QED) is 0.0505. The van der Waals surface area contributed by atoms with Crippen LogP contribution in [0.1, 0.15) is 226 Å². The second-order valence-electron chi connectivity index (χ2n) is 14.1. The number of aliphatic carboxylic acids is 1. The van der Waals surface area contributed by atoms with Gasteiger partial charge in [-0.25, -0.2) is 0 Å². The maximum atomic E-state index is 11.6. The van der Waals surface area contributed by atoms with Gasteiger partial charge in [-0.05, 0) is 19.8 Å². The number of carboxylic acid groups (broad SMARTS) is 1. The van der Waals surface area contributed by atoms with Crippen molar-refractivity contribution in [2.45, 2.75) is 232 Å². The number of carbonyl (C=O) groups is 3. The highest BCUT2D eigenvalue weighted by atomic mass is 16.4. The number of imide groups is 1. The fraction of sp³-hybridized carbons (Fsp3) is 0.925. The normalized spacial score (nSPS) is 12.3. The predicted molar refractivity (Wildman–Crippen MR) is 198 cm³/mol. The van der Waals surface area contributed by atoms with Crippen LogP contribution in [0.15, 0.2) is 0 Å². The Hall–Kier alpha value is -1.47. The zero-order valence-corrected chi connectivity index (χ0v) is 31.4. The summed E-state index contributed by atoms with van der Waals surface area (Å²) < 4.78 is 0. The Bertz CT molecular complexity index is 696. The van der Waals surface area contributed by atoms with Crippen LogP contribution in [0.2, 0.25) is 0 Å². The molecule has 0 aromatic carbocycles. The number of hydrogen-bond acceptors (Lipinski definition) is 5. The highest BCUT2D eigenvalue weighted by Crippen LogP contribution is 2.15. The molecule has 2 amide bonds. The van der Waals surface area contributed by atoms with Crippen LogP contribution in [-0.2, 0) is 14.4 Å². The molecule has 0 rings (SSSR count). The van der Waals surface area contributed by atoms with E-state index in [1.807, 2.05) is 0 Å². The molecule has 1 unspecified atom stereocenters. The molecule has 0 saturated carbocycles. The molecule has 47 heavy (non-hydrogen) atoms. The molecule has 7 nitrogen and oxygen atoms in total. The Morgan fingerprint density at radius 1 is 0.468 bits per heavy atom. The maximum Gasteiger partial charge on any atom is 0.303 e. The Morgan fingerprint density at radius 3 is 0.979 bits per heavy atom. The Kier molecular flexibility index (Phi) is 37.9. The molecular formula is C40H79NO6. The van der Waals surface area contributed by atoms with Crippen molar-refractivity contribution in [2.24, 2.45) is 0 Å². The summed E-state index contributed by atoms with van der Waals surface area (Å²) in [6.07, 6.45) is 39.5. The number of unbranched alkanes of at least 4 members (excludes halogenated alkanes) is 28. The van der Waals surface area contributed by atoms with Gasteiger partial charge in [0.15, 0.2) is 5.60 Å². The zero-order valence-electron chi connectivity index (χ0n) is 31.4. The van der Waals surface area contributed by atoms with Gasteiger partial charge in [-0.2, -0.15) is 0 Å². The summed E-state index contributed by atoms with van der Waals surface area (Å²) in [4.78, 5) is 33.5. The molecule has 0 bridgehead atoms. The topological polar surface area (TPSA) is 124 Å². The van der Waals surface area contributed by atoms with Crippen molar-refractivity contribution in [1.82, 2.24) is 5.32 Å². The molecule has 0 saturated heterocycles. The van der Waals surface area contributed by atoms with Crippen molar-refractivity contribution in [3.8, 4) is 0 Å². The van der Waals surface area contributed by atoms with Gasteiger partial charge in [0.05, 0.1) is 6.61 Å². The van der Waals surface area contributed by atoms with Gasteiger partial charge in [-0.1, -0.05) is 194 Å². The average molecular weight is 670 g/mol. The van der Waals surface area contributed by atoms with E-state index in [0.29, 0.717) is 6.42 Å². The molecular weight excluding hydrogens is 590 g/mol. The molecule has 0 heterocycles. The van der Waals surface area contributed by atoms with Crippen molar-refractivity contribution in [1.29, 1.82) is 0 Å². The summed E-state index contributed by atoms with van der Waals surface area (Å²) in [5.41, 5.74) is -1.90. The van der Waals surface area contributed by atoms with E-state index in [1.54, 1.807) is 0 Å². The van der Waals surface area contributed by atoms with Gasteiger partial charge in [0.25, 0.3) is 5.91 Å². The van der Waals surface area contributed by atoms with Crippen molar-refractivity contribution in [3.63, 3.8) is 0 Å². The minimum atomic E-state index is -1.90. The third-order valence-electron chi connectivity index (χ3n) is 9.05. The average Bonchev–Trinajstić information content (AvgIpc) is 3.04. The first-order valence-corrected chi connectivity index (χ1v) is 20.1. The highest BCUT2D eigenvalue weighted by Gasteiger charge is 2.30. The van der Waals surface area contributed by atoms with E-state index >= 15 is 0 Å². The summed E-state index contributed by atoms with van der Waals surface area (Å²) in [5.74, 6) is -1.88. The van der Waals surface area contributed by atoms with Gasteiger partial charge in [0.2, 0.25) is 5.91 Å². The van der Waals surface area contributed by atoms with Crippen LogP contribution in [0.3, 0.4) is 0 Å². The number of aliphatic hydroxyl groups excluding tert-OH is 1. The van der Waals surface area contributed by atoms with Crippen LogP contribution in [-0.4, -0.2) is 45.3 Å². The second kappa shape index (κ2) is 37.4. The molecule has 0 radical (unpaired) electrons. The van der Waals surface area contributed by atoms with Gasteiger partial charge < -0.3 is 15.3 Å². The van der Waals surface area contributed by atoms with Crippen molar-refractivity contribution < 1.29 is 29.7 Å². The first kappa shape index (κ1) is 47.6. The van der Waals surface area contributed by atoms with Crippen molar-refractivity contribution in [2.75, 3.05) is 6.61 Å². The smallest absolute Gasteiger partial charge is 0.303 e. The number of carboxylic acids is 1. The lowest BCUT2D eigenvalue weighted by atomic mass is 10.0. The molecule has 0 fully saturated rings. The lowest BCUT2D eigenvalue weighted by Crippen LogP contribution is -2.49. The van der Waals surface area contributed by atoms with Gasteiger partial charge in [0, 0.05) is 12.8 Å². The largest absolute Gasteiger partial charge is 0.481 e. The van der Waals surface area contributed by atoms with E-state index in [9.17, 15) is 19.5 Å². The summed E-state index contributed by atoms with van der Waals surface area (Å²) in [6, 6.07) is 0. The monoisotopic (exact) mass is 670 g/mol. The lowest BCUT2D eigenvalue weighted by molar-refractivity contribution is -0.145. The highest BCUT2D eigenvalue weighted by molar-refractivity contribution is 5.99. The van der Waals surface area contributed by atoms with E-state index in [4.69, 9.17) is 10.2 Å². The maximum absolute atomic E-state index is 11.6. The molecule has 0 aliphatic heterocycles. The summed E-state index contributed by atoms with van der Waals surface area (Å²) in [7, 11) is 0. The van der Waals surface area contributed by atoms with Crippen molar-refractivity contribution >= 4 is 17.8 Å². The summed E-state index contributed by atoms with van der Waals surface area (Å²) in [5, 5.41) is 29.1.